The maximum absolute atomic E-state index is 6.04. The van der Waals surface area contributed by atoms with Crippen LogP contribution in [-0.4, -0.2) is 19.3 Å². The molecule has 0 radical (unpaired) electrons. The fourth-order valence-electron chi connectivity index (χ4n) is 3.62. The molecule has 1 aliphatic carbocycles. The van der Waals surface area contributed by atoms with Crippen LogP contribution in [0.1, 0.15) is 58.3 Å². The topological polar surface area (TPSA) is 35.2 Å². The molecule has 0 amide bonds. The van der Waals surface area contributed by atoms with Gasteiger partial charge in [-0.3, -0.25) is 0 Å². The second-order valence-corrected chi connectivity index (χ2v) is 6.08. The Morgan fingerprint density at radius 3 is 2.81 bits per heavy atom. The van der Waals surface area contributed by atoms with Crippen LogP contribution in [0.3, 0.4) is 0 Å². The van der Waals surface area contributed by atoms with E-state index in [1.807, 2.05) is 0 Å². The summed E-state index contributed by atoms with van der Waals surface area (Å²) in [5.41, 5.74) is 6.49. The molecule has 1 saturated carbocycles. The molecule has 94 valence electrons. The monoisotopic (exact) mass is 225 g/mol. The minimum absolute atomic E-state index is 0.448. The fourth-order valence-corrected chi connectivity index (χ4v) is 3.62. The predicted molar refractivity (Wildman–Crippen MR) is 67.3 cm³/mol. The molecular weight excluding hydrogens is 198 g/mol. The number of nitrogens with two attached hydrogens (primary N) is 1. The number of hydrogen-bond acceptors (Lipinski definition) is 2. The third-order valence-corrected chi connectivity index (χ3v) is 4.64. The fraction of sp³-hybridized carbons (Fsp3) is 1.00. The van der Waals surface area contributed by atoms with E-state index in [2.05, 4.69) is 6.92 Å². The minimum Gasteiger partial charge on any atom is -0.378 e. The number of hydrogen-bond donors (Lipinski definition) is 1. The third-order valence-electron chi connectivity index (χ3n) is 4.64. The van der Waals surface area contributed by atoms with Gasteiger partial charge in [0.05, 0.1) is 6.10 Å². The molecule has 0 aromatic rings. The Hall–Kier alpha value is -0.0800. The molecule has 1 aliphatic heterocycles. The van der Waals surface area contributed by atoms with Crippen molar-refractivity contribution in [1.82, 2.24) is 0 Å². The molecule has 2 aliphatic rings. The molecule has 0 spiro atoms. The Morgan fingerprint density at radius 2 is 2.19 bits per heavy atom. The van der Waals surface area contributed by atoms with Crippen molar-refractivity contribution in [3.63, 3.8) is 0 Å². The van der Waals surface area contributed by atoms with Crippen LogP contribution in [0.15, 0.2) is 0 Å². The Labute approximate surface area is 99.9 Å². The lowest BCUT2D eigenvalue weighted by atomic mass is 9.67. The second-order valence-electron chi connectivity index (χ2n) is 6.08. The van der Waals surface area contributed by atoms with Crippen LogP contribution in [-0.2, 0) is 4.74 Å². The normalized spacial score (nSPS) is 40.1. The number of ether oxygens (including phenoxy) is 1. The highest BCUT2D eigenvalue weighted by Crippen LogP contribution is 2.42. The quantitative estimate of drug-likeness (QED) is 0.798. The molecule has 3 atom stereocenters. The highest BCUT2D eigenvalue weighted by Gasteiger charge is 2.34. The predicted octanol–water partition coefficient (Wildman–Crippen LogP) is 3.10. The Morgan fingerprint density at radius 1 is 1.31 bits per heavy atom. The van der Waals surface area contributed by atoms with E-state index in [0.29, 0.717) is 11.5 Å². The summed E-state index contributed by atoms with van der Waals surface area (Å²) in [6.07, 6.45) is 11.1. The maximum Gasteiger partial charge on any atom is 0.0576 e. The zero-order valence-electron chi connectivity index (χ0n) is 10.7. The Balaban J connectivity index is 1.83. The molecule has 1 heterocycles. The average molecular weight is 225 g/mol. The lowest BCUT2D eigenvalue weighted by Crippen LogP contribution is -2.36. The summed E-state index contributed by atoms with van der Waals surface area (Å²) in [7, 11) is 0. The first-order chi connectivity index (χ1) is 7.74. The summed E-state index contributed by atoms with van der Waals surface area (Å²) in [4.78, 5) is 0. The van der Waals surface area contributed by atoms with E-state index >= 15 is 0 Å². The van der Waals surface area contributed by atoms with Gasteiger partial charge in [0.1, 0.15) is 0 Å². The Kier molecular flexibility index (Phi) is 4.26. The summed E-state index contributed by atoms with van der Waals surface area (Å²) in [6, 6.07) is 0. The highest BCUT2D eigenvalue weighted by molar-refractivity contribution is 4.87. The molecule has 16 heavy (non-hydrogen) atoms. The molecule has 2 N–H and O–H groups in total. The zero-order chi connectivity index (χ0) is 11.4. The third kappa shape index (κ3) is 2.98. The minimum atomic E-state index is 0.448. The van der Waals surface area contributed by atoms with Gasteiger partial charge in [-0.15, -0.1) is 0 Å². The van der Waals surface area contributed by atoms with Gasteiger partial charge in [-0.05, 0) is 56.4 Å². The first-order valence-corrected chi connectivity index (χ1v) is 7.06. The summed E-state index contributed by atoms with van der Waals surface area (Å²) in [6.45, 7) is 4.25. The Bertz CT molecular complexity index is 213. The van der Waals surface area contributed by atoms with Gasteiger partial charge in [0.15, 0.2) is 0 Å². The summed E-state index contributed by atoms with van der Waals surface area (Å²) in [5.74, 6) is 0.877. The maximum atomic E-state index is 6.04. The van der Waals surface area contributed by atoms with Crippen LogP contribution in [0.4, 0.5) is 0 Å². The van der Waals surface area contributed by atoms with E-state index < -0.39 is 0 Å². The standard InChI is InChI=1S/C14H27NO/c1-12-4-2-7-14(10-12,11-15)8-6-13-5-3-9-16-13/h12-13H,2-11,15H2,1H3. The average Bonchev–Trinajstić information content (AvgIpc) is 2.79. The van der Waals surface area contributed by atoms with Gasteiger partial charge in [-0.2, -0.15) is 0 Å². The highest BCUT2D eigenvalue weighted by atomic mass is 16.5. The lowest BCUT2D eigenvalue weighted by Gasteiger charge is -2.40. The summed E-state index contributed by atoms with van der Waals surface area (Å²) >= 11 is 0. The molecule has 3 unspecified atom stereocenters. The first-order valence-electron chi connectivity index (χ1n) is 7.06. The first kappa shape index (κ1) is 12.4. The van der Waals surface area contributed by atoms with Crippen molar-refractivity contribution >= 4 is 0 Å². The van der Waals surface area contributed by atoms with Gasteiger partial charge in [0.2, 0.25) is 0 Å². The van der Waals surface area contributed by atoms with E-state index in [0.717, 1.165) is 19.1 Å². The van der Waals surface area contributed by atoms with Crippen molar-refractivity contribution in [3.05, 3.63) is 0 Å². The van der Waals surface area contributed by atoms with E-state index in [-0.39, 0.29) is 0 Å². The molecule has 1 saturated heterocycles. The summed E-state index contributed by atoms with van der Waals surface area (Å²) in [5, 5.41) is 0. The molecule has 0 aromatic carbocycles. The molecule has 2 nitrogen and oxygen atoms in total. The van der Waals surface area contributed by atoms with E-state index in [4.69, 9.17) is 10.5 Å². The lowest BCUT2D eigenvalue weighted by molar-refractivity contribution is 0.0711. The van der Waals surface area contributed by atoms with Crippen molar-refractivity contribution < 1.29 is 4.74 Å². The van der Waals surface area contributed by atoms with Gasteiger partial charge in [0, 0.05) is 6.61 Å². The van der Waals surface area contributed by atoms with Crippen LogP contribution in [0, 0.1) is 11.3 Å². The van der Waals surface area contributed by atoms with Crippen molar-refractivity contribution in [3.8, 4) is 0 Å². The van der Waals surface area contributed by atoms with Crippen LogP contribution < -0.4 is 5.73 Å². The summed E-state index contributed by atoms with van der Waals surface area (Å²) < 4.78 is 5.72. The van der Waals surface area contributed by atoms with Crippen molar-refractivity contribution in [2.24, 2.45) is 17.1 Å². The van der Waals surface area contributed by atoms with Crippen molar-refractivity contribution in [2.75, 3.05) is 13.2 Å². The largest absolute Gasteiger partial charge is 0.378 e. The molecule has 2 heteroatoms. The molecule has 0 bridgehead atoms. The smallest absolute Gasteiger partial charge is 0.0576 e. The van der Waals surface area contributed by atoms with Crippen molar-refractivity contribution in [1.29, 1.82) is 0 Å². The van der Waals surface area contributed by atoms with E-state index in [9.17, 15) is 0 Å². The second kappa shape index (κ2) is 5.50. The zero-order valence-corrected chi connectivity index (χ0v) is 10.7. The van der Waals surface area contributed by atoms with Crippen LogP contribution in [0.2, 0.25) is 0 Å². The van der Waals surface area contributed by atoms with Gasteiger partial charge >= 0.3 is 0 Å². The SMILES string of the molecule is CC1CCCC(CN)(CCC2CCCO2)C1. The molecular formula is C14H27NO. The van der Waals surface area contributed by atoms with E-state index in [1.54, 1.807) is 0 Å². The van der Waals surface area contributed by atoms with Gasteiger partial charge in [-0.1, -0.05) is 19.8 Å². The van der Waals surface area contributed by atoms with Gasteiger partial charge in [-0.25, -0.2) is 0 Å². The van der Waals surface area contributed by atoms with Gasteiger partial charge in [0.25, 0.3) is 0 Å². The van der Waals surface area contributed by atoms with Crippen LogP contribution in [0.5, 0.6) is 0 Å². The van der Waals surface area contributed by atoms with Gasteiger partial charge < -0.3 is 10.5 Å². The van der Waals surface area contributed by atoms with Crippen LogP contribution >= 0.6 is 0 Å². The number of rotatable bonds is 4. The van der Waals surface area contributed by atoms with E-state index in [1.165, 1.54) is 51.4 Å². The van der Waals surface area contributed by atoms with Crippen LogP contribution in [0.25, 0.3) is 0 Å². The molecule has 0 aromatic heterocycles. The molecule has 2 fully saturated rings. The van der Waals surface area contributed by atoms with Crippen molar-refractivity contribution in [2.45, 2.75) is 64.4 Å². The molecule has 2 rings (SSSR count).